The average molecular weight is 284 g/mol. The largest absolute Gasteiger partial charge is 0.480 e. The number of aliphatic carboxylic acids is 1. The van der Waals surface area contributed by atoms with E-state index in [9.17, 15) is 4.79 Å². The molecule has 0 aliphatic heterocycles. The van der Waals surface area contributed by atoms with Crippen LogP contribution < -0.4 is 0 Å². The van der Waals surface area contributed by atoms with Gasteiger partial charge < -0.3 is 14.1 Å². The van der Waals surface area contributed by atoms with Crippen molar-refractivity contribution >= 4 is 17.0 Å². The summed E-state index contributed by atoms with van der Waals surface area (Å²) in [4.78, 5) is 15.7. The molecule has 108 valence electrons. The minimum atomic E-state index is -0.906. The van der Waals surface area contributed by atoms with Gasteiger partial charge in [-0.3, -0.25) is 4.79 Å². The van der Waals surface area contributed by atoms with Crippen molar-refractivity contribution in [1.29, 1.82) is 0 Å². The highest BCUT2D eigenvalue weighted by Crippen LogP contribution is 2.28. The highest BCUT2D eigenvalue weighted by atomic mass is 16.4. The van der Waals surface area contributed by atoms with Crippen LogP contribution in [0, 0.1) is 20.8 Å². The first kappa shape index (κ1) is 13.4. The molecule has 5 nitrogen and oxygen atoms in total. The molecule has 1 aromatic carbocycles. The number of benzene rings is 1. The zero-order valence-corrected chi connectivity index (χ0v) is 12.2. The molecular weight excluding hydrogens is 268 g/mol. The Hall–Kier alpha value is -2.56. The Morgan fingerprint density at radius 3 is 2.57 bits per heavy atom. The number of nitrogens with zero attached hydrogens (tertiary/aromatic N) is 2. The summed E-state index contributed by atoms with van der Waals surface area (Å²) in [7, 11) is 0. The Kier molecular flexibility index (Phi) is 3.05. The molecule has 0 bridgehead atoms. The molecule has 0 amide bonds. The molecule has 0 saturated carbocycles. The van der Waals surface area contributed by atoms with Crippen molar-refractivity contribution in [1.82, 2.24) is 9.55 Å². The molecule has 2 heterocycles. The average Bonchev–Trinajstić information content (AvgIpc) is 2.95. The summed E-state index contributed by atoms with van der Waals surface area (Å²) in [6.07, 6.45) is 0. The fourth-order valence-corrected chi connectivity index (χ4v) is 2.42. The number of carboxylic acid groups (broad SMARTS) is 1. The van der Waals surface area contributed by atoms with Crippen molar-refractivity contribution in [3.8, 4) is 11.6 Å². The van der Waals surface area contributed by atoms with Gasteiger partial charge in [-0.2, -0.15) is 0 Å². The van der Waals surface area contributed by atoms with Crippen LogP contribution in [0.3, 0.4) is 0 Å². The Morgan fingerprint density at radius 2 is 1.95 bits per heavy atom. The summed E-state index contributed by atoms with van der Waals surface area (Å²) < 4.78 is 7.29. The first-order valence-corrected chi connectivity index (χ1v) is 6.72. The summed E-state index contributed by atoms with van der Waals surface area (Å²) >= 11 is 0. The lowest BCUT2D eigenvalue weighted by atomic mass is 10.1. The standard InChI is InChI=1S/C16H16N2O3/c1-9-6-12-13(7-10(9)2)18(8-15(19)20)16(17-12)14-5-4-11(3)21-14/h4-7H,8H2,1-3H3,(H,19,20). The Morgan fingerprint density at radius 1 is 1.24 bits per heavy atom. The molecule has 3 aromatic rings. The molecule has 0 saturated heterocycles. The fourth-order valence-electron chi connectivity index (χ4n) is 2.42. The maximum absolute atomic E-state index is 11.2. The van der Waals surface area contributed by atoms with E-state index in [1.165, 1.54) is 0 Å². The second-order valence-electron chi connectivity index (χ2n) is 5.25. The topological polar surface area (TPSA) is 68.3 Å². The first-order valence-electron chi connectivity index (χ1n) is 6.72. The lowest BCUT2D eigenvalue weighted by molar-refractivity contribution is -0.137. The molecule has 1 N–H and O–H groups in total. The predicted molar refractivity (Wildman–Crippen MR) is 79.3 cm³/mol. The van der Waals surface area contributed by atoms with Gasteiger partial charge in [-0.15, -0.1) is 0 Å². The van der Waals surface area contributed by atoms with Gasteiger partial charge in [-0.1, -0.05) is 0 Å². The lowest BCUT2D eigenvalue weighted by Gasteiger charge is -2.05. The SMILES string of the molecule is Cc1ccc(-c2nc3cc(C)c(C)cc3n2CC(=O)O)o1. The highest BCUT2D eigenvalue weighted by molar-refractivity contribution is 5.83. The van der Waals surface area contributed by atoms with Gasteiger partial charge in [-0.05, 0) is 56.2 Å². The third-order valence-electron chi connectivity index (χ3n) is 3.62. The Balaban J connectivity index is 2.29. The van der Waals surface area contributed by atoms with Crippen molar-refractivity contribution in [2.24, 2.45) is 0 Å². The van der Waals surface area contributed by atoms with Gasteiger partial charge in [0, 0.05) is 0 Å². The Bertz CT molecular complexity index is 843. The summed E-state index contributed by atoms with van der Waals surface area (Å²) in [6, 6.07) is 7.60. The van der Waals surface area contributed by atoms with Gasteiger partial charge in [0.1, 0.15) is 12.3 Å². The first-order chi connectivity index (χ1) is 9.95. The summed E-state index contributed by atoms with van der Waals surface area (Å²) in [6.45, 7) is 5.72. The zero-order chi connectivity index (χ0) is 15.1. The van der Waals surface area contributed by atoms with Crippen LogP contribution in [0.4, 0.5) is 0 Å². The maximum atomic E-state index is 11.2. The van der Waals surface area contributed by atoms with Gasteiger partial charge in [-0.25, -0.2) is 4.98 Å². The minimum Gasteiger partial charge on any atom is -0.480 e. The second-order valence-corrected chi connectivity index (χ2v) is 5.25. The summed E-state index contributed by atoms with van der Waals surface area (Å²) in [5.74, 6) is 0.995. The zero-order valence-electron chi connectivity index (χ0n) is 12.2. The van der Waals surface area contributed by atoms with Crippen molar-refractivity contribution < 1.29 is 14.3 Å². The number of carboxylic acids is 1. The van der Waals surface area contributed by atoms with Gasteiger partial charge in [0.15, 0.2) is 11.6 Å². The number of carbonyl (C=O) groups is 1. The lowest BCUT2D eigenvalue weighted by Crippen LogP contribution is -2.09. The van der Waals surface area contributed by atoms with Crippen LogP contribution in [-0.2, 0) is 11.3 Å². The van der Waals surface area contributed by atoms with E-state index in [-0.39, 0.29) is 6.54 Å². The van der Waals surface area contributed by atoms with E-state index in [1.807, 2.05) is 45.0 Å². The van der Waals surface area contributed by atoms with E-state index in [0.29, 0.717) is 11.6 Å². The monoisotopic (exact) mass is 284 g/mol. The van der Waals surface area contributed by atoms with Crippen LogP contribution in [0.15, 0.2) is 28.7 Å². The number of aryl methyl sites for hydroxylation is 3. The van der Waals surface area contributed by atoms with Crippen LogP contribution in [0.25, 0.3) is 22.6 Å². The normalized spacial score (nSPS) is 11.2. The molecule has 3 rings (SSSR count). The molecule has 0 spiro atoms. The van der Waals surface area contributed by atoms with Crippen LogP contribution in [-0.4, -0.2) is 20.6 Å². The van der Waals surface area contributed by atoms with Crippen LogP contribution in [0.1, 0.15) is 16.9 Å². The van der Waals surface area contributed by atoms with E-state index in [1.54, 1.807) is 4.57 Å². The quantitative estimate of drug-likeness (QED) is 0.801. The van der Waals surface area contributed by atoms with Crippen molar-refractivity contribution in [3.05, 3.63) is 41.2 Å². The van der Waals surface area contributed by atoms with Gasteiger partial charge in [0.25, 0.3) is 0 Å². The summed E-state index contributed by atoms with van der Waals surface area (Å²) in [5.41, 5.74) is 3.83. The molecule has 0 unspecified atom stereocenters. The predicted octanol–water partition coefficient (Wildman–Crippen LogP) is 3.31. The highest BCUT2D eigenvalue weighted by Gasteiger charge is 2.17. The smallest absolute Gasteiger partial charge is 0.323 e. The molecule has 5 heteroatoms. The van der Waals surface area contributed by atoms with Crippen LogP contribution in [0.5, 0.6) is 0 Å². The number of hydrogen-bond donors (Lipinski definition) is 1. The van der Waals surface area contributed by atoms with E-state index < -0.39 is 5.97 Å². The summed E-state index contributed by atoms with van der Waals surface area (Å²) in [5, 5.41) is 9.17. The number of imidazole rings is 1. The molecule has 0 radical (unpaired) electrons. The molecule has 0 aliphatic carbocycles. The van der Waals surface area contributed by atoms with E-state index >= 15 is 0 Å². The fraction of sp³-hybridized carbons (Fsp3) is 0.250. The van der Waals surface area contributed by atoms with Crippen molar-refractivity contribution in [3.63, 3.8) is 0 Å². The molecule has 0 aliphatic rings. The van der Waals surface area contributed by atoms with Gasteiger partial charge >= 0.3 is 5.97 Å². The molecule has 0 atom stereocenters. The number of aromatic nitrogens is 2. The minimum absolute atomic E-state index is 0.145. The molecular formula is C16H16N2O3. The third-order valence-corrected chi connectivity index (χ3v) is 3.62. The molecule has 2 aromatic heterocycles. The van der Waals surface area contributed by atoms with Crippen LogP contribution >= 0.6 is 0 Å². The second kappa shape index (κ2) is 4.77. The van der Waals surface area contributed by atoms with Crippen molar-refractivity contribution in [2.75, 3.05) is 0 Å². The van der Waals surface area contributed by atoms with E-state index in [2.05, 4.69) is 4.98 Å². The third kappa shape index (κ3) is 2.31. The Labute approximate surface area is 121 Å². The number of rotatable bonds is 3. The van der Waals surface area contributed by atoms with Gasteiger partial charge in [0.05, 0.1) is 11.0 Å². The van der Waals surface area contributed by atoms with Gasteiger partial charge in [0.2, 0.25) is 0 Å². The van der Waals surface area contributed by atoms with Crippen LogP contribution in [0.2, 0.25) is 0 Å². The molecule has 21 heavy (non-hydrogen) atoms. The number of fused-ring (bicyclic) bond motifs is 1. The van der Waals surface area contributed by atoms with E-state index in [0.717, 1.165) is 27.9 Å². The number of furan rings is 1. The van der Waals surface area contributed by atoms with E-state index in [4.69, 9.17) is 9.52 Å². The number of hydrogen-bond acceptors (Lipinski definition) is 3. The maximum Gasteiger partial charge on any atom is 0.323 e. The van der Waals surface area contributed by atoms with Crippen molar-refractivity contribution in [2.45, 2.75) is 27.3 Å². The molecule has 0 fully saturated rings.